The van der Waals surface area contributed by atoms with Crippen LogP contribution in [0.5, 0.6) is 0 Å². The van der Waals surface area contributed by atoms with Crippen LogP contribution in [-0.4, -0.2) is 16.3 Å². The highest BCUT2D eigenvalue weighted by Gasteiger charge is 2.15. The van der Waals surface area contributed by atoms with Crippen molar-refractivity contribution in [3.63, 3.8) is 0 Å². The first kappa shape index (κ1) is 13.8. The molecule has 2 rings (SSSR count). The quantitative estimate of drug-likeness (QED) is 0.862. The average Bonchev–Trinajstić information content (AvgIpc) is 2.76. The molecule has 3 heteroatoms. The molecule has 19 heavy (non-hydrogen) atoms. The number of aryl methyl sites for hydroxylation is 2. The Hall–Kier alpha value is -1.61. The Morgan fingerprint density at radius 2 is 2.00 bits per heavy atom. The molecule has 1 aromatic carbocycles. The average molecular weight is 257 g/mol. The number of hydrogen-bond acceptors (Lipinski definition) is 2. The van der Waals surface area contributed by atoms with Gasteiger partial charge in [-0.05, 0) is 31.9 Å². The summed E-state index contributed by atoms with van der Waals surface area (Å²) in [6.45, 7) is 5.27. The molecule has 0 radical (unpaired) electrons. The molecule has 1 heterocycles. The third-order valence-electron chi connectivity index (χ3n) is 3.66. The summed E-state index contributed by atoms with van der Waals surface area (Å²) in [5.74, 6) is 0. The van der Waals surface area contributed by atoms with Gasteiger partial charge in [-0.1, -0.05) is 37.3 Å². The van der Waals surface area contributed by atoms with E-state index >= 15 is 0 Å². The van der Waals surface area contributed by atoms with Gasteiger partial charge in [-0.2, -0.15) is 5.10 Å². The molecular formula is C16H23N3. The lowest BCUT2D eigenvalue weighted by atomic mass is 9.99. The van der Waals surface area contributed by atoms with Gasteiger partial charge in [-0.15, -0.1) is 0 Å². The molecule has 0 aliphatic heterocycles. The highest BCUT2D eigenvalue weighted by molar-refractivity contribution is 5.22. The monoisotopic (exact) mass is 257 g/mol. The van der Waals surface area contributed by atoms with Gasteiger partial charge >= 0.3 is 0 Å². The van der Waals surface area contributed by atoms with Crippen molar-refractivity contribution in [2.75, 3.05) is 6.54 Å². The Morgan fingerprint density at radius 3 is 2.58 bits per heavy atom. The molecule has 1 aromatic heterocycles. The van der Waals surface area contributed by atoms with Gasteiger partial charge in [0.25, 0.3) is 0 Å². The van der Waals surface area contributed by atoms with Crippen LogP contribution in [0, 0.1) is 6.92 Å². The summed E-state index contributed by atoms with van der Waals surface area (Å²) < 4.78 is 1.95. The Labute approximate surface area is 115 Å². The fourth-order valence-electron chi connectivity index (χ4n) is 2.43. The lowest BCUT2D eigenvalue weighted by molar-refractivity contribution is 0.512. The summed E-state index contributed by atoms with van der Waals surface area (Å²) in [6, 6.07) is 11.0. The second-order valence-corrected chi connectivity index (χ2v) is 4.94. The van der Waals surface area contributed by atoms with E-state index in [-0.39, 0.29) is 0 Å². The molecule has 3 nitrogen and oxygen atoms in total. The van der Waals surface area contributed by atoms with E-state index < -0.39 is 0 Å². The van der Waals surface area contributed by atoms with Gasteiger partial charge < -0.3 is 5.32 Å². The third-order valence-corrected chi connectivity index (χ3v) is 3.66. The third kappa shape index (κ3) is 3.44. The van der Waals surface area contributed by atoms with Crippen LogP contribution in [0.15, 0.2) is 36.5 Å². The second-order valence-electron chi connectivity index (χ2n) is 4.94. The lowest BCUT2D eigenvalue weighted by Gasteiger charge is -2.17. The van der Waals surface area contributed by atoms with Crippen molar-refractivity contribution in [2.45, 2.75) is 32.7 Å². The first-order chi connectivity index (χ1) is 9.22. The summed E-state index contributed by atoms with van der Waals surface area (Å²) in [6.07, 6.45) is 4.19. The topological polar surface area (TPSA) is 29.9 Å². The molecule has 0 spiro atoms. The van der Waals surface area contributed by atoms with Crippen LogP contribution in [0.1, 0.15) is 36.2 Å². The van der Waals surface area contributed by atoms with E-state index in [9.17, 15) is 0 Å². The minimum absolute atomic E-state index is 0.388. The maximum Gasteiger partial charge on any atom is 0.0540 e. The Bertz CT molecular complexity index is 502. The standard InChI is InChI=1S/C16H23N3/c1-4-17-16(15-12-18-19(3)13(15)2)11-10-14-8-6-5-7-9-14/h5-9,12,16-17H,4,10-11H2,1-3H3. The molecular weight excluding hydrogens is 234 g/mol. The molecule has 2 aromatic rings. The van der Waals surface area contributed by atoms with Crippen LogP contribution < -0.4 is 5.32 Å². The number of benzene rings is 1. The fourth-order valence-corrected chi connectivity index (χ4v) is 2.43. The van der Waals surface area contributed by atoms with Crippen LogP contribution in [-0.2, 0) is 13.5 Å². The largest absolute Gasteiger partial charge is 0.310 e. The normalized spacial score (nSPS) is 12.6. The van der Waals surface area contributed by atoms with Gasteiger partial charge in [0.15, 0.2) is 0 Å². The van der Waals surface area contributed by atoms with Gasteiger partial charge in [0.2, 0.25) is 0 Å². The number of hydrogen-bond donors (Lipinski definition) is 1. The Morgan fingerprint density at radius 1 is 1.26 bits per heavy atom. The van der Waals surface area contributed by atoms with Crippen LogP contribution in [0.3, 0.4) is 0 Å². The molecule has 102 valence electrons. The van der Waals surface area contributed by atoms with Crippen molar-refractivity contribution in [3.05, 3.63) is 53.3 Å². The summed E-state index contributed by atoms with van der Waals surface area (Å²) in [7, 11) is 2.00. The number of rotatable bonds is 6. The smallest absolute Gasteiger partial charge is 0.0540 e. The van der Waals surface area contributed by atoms with E-state index in [1.54, 1.807) is 0 Å². The Balaban J connectivity index is 2.06. The van der Waals surface area contributed by atoms with Crippen molar-refractivity contribution in [1.29, 1.82) is 0 Å². The predicted octanol–water partition coefficient (Wildman–Crippen LogP) is 3.01. The molecule has 0 aliphatic rings. The van der Waals surface area contributed by atoms with Crippen LogP contribution >= 0.6 is 0 Å². The number of nitrogens with one attached hydrogen (secondary N) is 1. The van der Waals surface area contributed by atoms with Crippen molar-refractivity contribution in [2.24, 2.45) is 7.05 Å². The van der Waals surface area contributed by atoms with Crippen LogP contribution in [0.4, 0.5) is 0 Å². The van der Waals surface area contributed by atoms with Gasteiger partial charge in [0.1, 0.15) is 0 Å². The summed E-state index contributed by atoms with van der Waals surface area (Å²) in [5, 5.41) is 7.92. The molecule has 0 amide bonds. The van der Waals surface area contributed by atoms with Crippen molar-refractivity contribution in [1.82, 2.24) is 15.1 Å². The highest BCUT2D eigenvalue weighted by atomic mass is 15.3. The number of nitrogens with zero attached hydrogens (tertiary/aromatic N) is 2. The van der Waals surface area contributed by atoms with E-state index in [1.165, 1.54) is 16.8 Å². The minimum Gasteiger partial charge on any atom is -0.310 e. The first-order valence-corrected chi connectivity index (χ1v) is 6.98. The molecule has 0 saturated carbocycles. The molecule has 0 aliphatic carbocycles. The van der Waals surface area contributed by atoms with E-state index in [4.69, 9.17) is 0 Å². The van der Waals surface area contributed by atoms with E-state index in [0.29, 0.717) is 6.04 Å². The first-order valence-electron chi connectivity index (χ1n) is 6.98. The van der Waals surface area contributed by atoms with Gasteiger partial charge in [-0.25, -0.2) is 0 Å². The maximum absolute atomic E-state index is 4.35. The fraction of sp³-hybridized carbons (Fsp3) is 0.438. The molecule has 1 atom stereocenters. The molecule has 1 unspecified atom stereocenters. The summed E-state index contributed by atoms with van der Waals surface area (Å²) in [4.78, 5) is 0. The summed E-state index contributed by atoms with van der Waals surface area (Å²) >= 11 is 0. The molecule has 0 bridgehead atoms. The molecule has 1 N–H and O–H groups in total. The second kappa shape index (κ2) is 6.53. The Kier molecular flexibility index (Phi) is 4.74. The summed E-state index contributed by atoms with van der Waals surface area (Å²) in [5.41, 5.74) is 3.96. The minimum atomic E-state index is 0.388. The van der Waals surface area contributed by atoms with Gasteiger partial charge in [-0.3, -0.25) is 4.68 Å². The van der Waals surface area contributed by atoms with Crippen molar-refractivity contribution < 1.29 is 0 Å². The van der Waals surface area contributed by atoms with E-state index in [2.05, 4.69) is 54.6 Å². The van der Waals surface area contributed by atoms with Gasteiger partial charge in [0, 0.05) is 24.3 Å². The van der Waals surface area contributed by atoms with Crippen molar-refractivity contribution >= 4 is 0 Å². The van der Waals surface area contributed by atoms with E-state index in [1.807, 2.05) is 17.9 Å². The molecule has 0 saturated heterocycles. The predicted molar refractivity (Wildman–Crippen MR) is 79.1 cm³/mol. The van der Waals surface area contributed by atoms with E-state index in [0.717, 1.165) is 19.4 Å². The van der Waals surface area contributed by atoms with Crippen LogP contribution in [0.2, 0.25) is 0 Å². The zero-order chi connectivity index (χ0) is 13.7. The lowest BCUT2D eigenvalue weighted by Crippen LogP contribution is -2.22. The molecule has 0 fully saturated rings. The van der Waals surface area contributed by atoms with Crippen molar-refractivity contribution in [3.8, 4) is 0 Å². The SMILES string of the molecule is CCNC(CCc1ccccc1)c1cnn(C)c1C. The maximum atomic E-state index is 4.35. The zero-order valence-electron chi connectivity index (χ0n) is 12.1. The zero-order valence-corrected chi connectivity index (χ0v) is 12.1. The highest BCUT2D eigenvalue weighted by Crippen LogP contribution is 2.21. The van der Waals surface area contributed by atoms with Crippen LogP contribution in [0.25, 0.3) is 0 Å². The van der Waals surface area contributed by atoms with Gasteiger partial charge in [0.05, 0.1) is 6.20 Å². The number of aromatic nitrogens is 2.